The van der Waals surface area contributed by atoms with Gasteiger partial charge in [0.1, 0.15) is 0 Å². The Kier molecular flexibility index (Phi) is 1.57. The van der Waals surface area contributed by atoms with Gasteiger partial charge in [-0.25, -0.2) is 0 Å². The molecule has 1 aliphatic carbocycles. The highest BCUT2D eigenvalue weighted by molar-refractivity contribution is 5.82. The summed E-state index contributed by atoms with van der Waals surface area (Å²) in [5.74, 6) is 0. The fourth-order valence-corrected chi connectivity index (χ4v) is 2.36. The topological polar surface area (TPSA) is 25.8 Å². The highest BCUT2D eigenvalue weighted by atomic mass is 14.7. The average molecular weight is 184 g/mol. The van der Waals surface area contributed by atoms with Crippen LogP contribution in [0.25, 0.3) is 10.9 Å². The molecule has 0 radical (unpaired) electrons. The van der Waals surface area contributed by atoms with Crippen molar-refractivity contribution in [2.45, 2.75) is 26.2 Å². The molecule has 0 fully saturated rings. The predicted octanol–water partition coefficient (Wildman–Crippen LogP) is 2.43. The van der Waals surface area contributed by atoms with Crippen LogP contribution in [0.4, 0.5) is 0 Å². The Hall–Kier alpha value is -1.44. The third-order valence-electron chi connectivity index (χ3n) is 3.10. The molecule has 14 heavy (non-hydrogen) atoms. The van der Waals surface area contributed by atoms with Crippen LogP contribution in [-0.4, -0.2) is 9.97 Å². The van der Waals surface area contributed by atoms with Crippen molar-refractivity contribution in [3.63, 3.8) is 0 Å². The first kappa shape index (κ1) is 7.92. The van der Waals surface area contributed by atoms with Gasteiger partial charge < -0.3 is 0 Å². The van der Waals surface area contributed by atoms with Gasteiger partial charge >= 0.3 is 0 Å². The molecule has 3 rings (SSSR count). The maximum absolute atomic E-state index is 4.65. The van der Waals surface area contributed by atoms with E-state index in [1.54, 1.807) is 0 Å². The monoisotopic (exact) mass is 184 g/mol. The summed E-state index contributed by atoms with van der Waals surface area (Å²) in [6.07, 6.45) is 7.31. The van der Waals surface area contributed by atoms with Crippen molar-refractivity contribution < 1.29 is 0 Å². The Morgan fingerprint density at radius 3 is 3.14 bits per heavy atom. The number of aromatic nitrogens is 2. The Morgan fingerprint density at radius 1 is 1.29 bits per heavy atom. The van der Waals surface area contributed by atoms with E-state index in [9.17, 15) is 0 Å². The highest BCUT2D eigenvalue weighted by Gasteiger charge is 2.16. The van der Waals surface area contributed by atoms with E-state index in [2.05, 4.69) is 23.0 Å². The van der Waals surface area contributed by atoms with E-state index < -0.39 is 0 Å². The fraction of sp³-hybridized carbons (Fsp3) is 0.333. The van der Waals surface area contributed by atoms with Gasteiger partial charge in [-0.15, -0.1) is 0 Å². The second kappa shape index (κ2) is 2.77. The summed E-state index contributed by atoms with van der Waals surface area (Å²) in [6.45, 7) is 2.20. The van der Waals surface area contributed by atoms with Gasteiger partial charge in [-0.2, -0.15) is 0 Å². The molecule has 0 atom stereocenters. The maximum atomic E-state index is 4.65. The number of fused-ring (bicyclic) bond motifs is 2. The quantitative estimate of drug-likeness (QED) is 0.628. The Bertz CT molecular complexity index is 503. The van der Waals surface area contributed by atoms with Gasteiger partial charge in [-0.05, 0) is 43.4 Å². The molecule has 0 saturated carbocycles. The normalized spacial score (nSPS) is 14.6. The highest BCUT2D eigenvalue weighted by Crippen LogP contribution is 2.28. The van der Waals surface area contributed by atoms with Crippen LogP contribution in [-0.2, 0) is 12.8 Å². The van der Waals surface area contributed by atoms with Crippen molar-refractivity contribution in [1.29, 1.82) is 0 Å². The lowest BCUT2D eigenvalue weighted by molar-refractivity contribution is 0.900. The molecule has 0 N–H and O–H groups in total. The molecule has 0 aliphatic heterocycles. The summed E-state index contributed by atoms with van der Waals surface area (Å²) in [5.41, 5.74) is 5.22. The Balaban J connectivity index is 2.44. The molecule has 1 aliphatic rings. The van der Waals surface area contributed by atoms with Gasteiger partial charge in [-0.3, -0.25) is 9.97 Å². The second-order valence-corrected chi connectivity index (χ2v) is 3.91. The zero-order chi connectivity index (χ0) is 9.54. The molecule has 0 aromatic carbocycles. The van der Waals surface area contributed by atoms with Gasteiger partial charge in [0.2, 0.25) is 0 Å². The van der Waals surface area contributed by atoms with Crippen LogP contribution in [0.15, 0.2) is 18.5 Å². The molecular weight excluding hydrogens is 172 g/mol. The van der Waals surface area contributed by atoms with Gasteiger partial charge in [0, 0.05) is 17.3 Å². The minimum absolute atomic E-state index is 1.05. The van der Waals surface area contributed by atoms with Gasteiger partial charge in [0.25, 0.3) is 0 Å². The zero-order valence-electron chi connectivity index (χ0n) is 8.25. The third-order valence-corrected chi connectivity index (χ3v) is 3.10. The largest absolute Gasteiger partial charge is 0.262 e. The Morgan fingerprint density at radius 2 is 2.21 bits per heavy atom. The molecule has 2 aromatic rings. The molecule has 70 valence electrons. The smallest absolute Gasteiger partial charge is 0.0891 e. The first-order valence-electron chi connectivity index (χ1n) is 5.08. The van der Waals surface area contributed by atoms with E-state index in [-0.39, 0.29) is 0 Å². The van der Waals surface area contributed by atoms with Crippen LogP contribution >= 0.6 is 0 Å². The zero-order valence-corrected chi connectivity index (χ0v) is 8.25. The van der Waals surface area contributed by atoms with E-state index in [0.717, 1.165) is 11.9 Å². The molecule has 2 heterocycles. The minimum Gasteiger partial charge on any atom is -0.262 e. The van der Waals surface area contributed by atoms with Gasteiger partial charge in [-0.1, -0.05) is 0 Å². The van der Waals surface area contributed by atoms with Crippen LogP contribution in [0, 0.1) is 6.92 Å². The van der Waals surface area contributed by atoms with E-state index in [0.29, 0.717) is 0 Å². The molecule has 0 amide bonds. The summed E-state index contributed by atoms with van der Waals surface area (Å²) < 4.78 is 0. The number of rotatable bonds is 0. The van der Waals surface area contributed by atoms with E-state index in [1.807, 2.05) is 12.4 Å². The number of hydrogen-bond acceptors (Lipinski definition) is 2. The molecule has 0 unspecified atom stereocenters. The summed E-state index contributed by atoms with van der Waals surface area (Å²) in [7, 11) is 0. The first-order chi connectivity index (χ1) is 6.86. The van der Waals surface area contributed by atoms with Crippen molar-refractivity contribution in [3.05, 3.63) is 35.3 Å². The van der Waals surface area contributed by atoms with E-state index in [4.69, 9.17) is 0 Å². The number of pyridine rings is 2. The number of aryl methyl sites for hydroxylation is 2. The summed E-state index contributed by atoms with van der Waals surface area (Å²) >= 11 is 0. The van der Waals surface area contributed by atoms with Gasteiger partial charge in [0.05, 0.1) is 11.7 Å². The molecule has 0 spiro atoms. The standard InChI is InChI=1S/C12H12N2/c1-8-9-3-2-4-11(9)14-12-7-13-6-5-10(8)12/h5-7H,2-4H2,1H3. The van der Waals surface area contributed by atoms with Gasteiger partial charge in [0.15, 0.2) is 0 Å². The summed E-state index contributed by atoms with van der Waals surface area (Å²) in [6, 6.07) is 2.07. The summed E-state index contributed by atoms with van der Waals surface area (Å²) in [5, 5.41) is 1.26. The summed E-state index contributed by atoms with van der Waals surface area (Å²) in [4.78, 5) is 8.77. The average Bonchev–Trinajstić information content (AvgIpc) is 2.66. The van der Waals surface area contributed by atoms with Crippen molar-refractivity contribution in [2.24, 2.45) is 0 Å². The van der Waals surface area contributed by atoms with Crippen LogP contribution in [0.2, 0.25) is 0 Å². The third kappa shape index (κ3) is 0.969. The maximum Gasteiger partial charge on any atom is 0.0891 e. The van der Waals surface area contributed by atoms with E-state index in [1.165, 1.54) is 35.0 Å². The van der Waals surface area contributed by atoms with Crippen LogP contribution in [0.3, 0.4) is 0 Å². The Labute approximate surface area is 83.0 Å². The fourth-order valence-electron chi connectivity index (χ4n) is 2.36. The van der Waals surface area contributed by atoms with Crippen molar-refractivity contribution in [3.8, 4) is 0 Å². The molecule has 0 bridgehead atoms. The van der Waals surface area contributed by atoms with Crippen molar-refractivity contribution in [2.75, 3.05) is 0 Å². The SMILES string of the molecule is Cc1c2c(nc3cnccc13)CCC2. The molecule has 2 nitrogen and oxygen atoms in total. The van der Waals surface area contributed by atoms with Crippen LogP contribution < -0.4 is 0 Å². The first-order valence-corrected chi connectivity index (χ1v) is 5.08. The molecular formula is C12H12N2. The van der Waals surface area contributed by atoms with Crippen molar-refractivity contribution >= 4 is 10.9 Å². The second-order valence-electron chi connectivity index (χ2n) is 3.91. The molecule has 2 heteroatoms. The van der Waals surface area contributed by atoms with Crippen LogP contribution in [0.1, 0.15) is 23.2 Å². The molecule has 2 aromatic heterocycles. The molecule has 0 saturated heterocycles. The lowest BCUT2D eigenvalue weighted by Crippen LogP contribution is -1.94. The van der Waals surface area contributed by atoms with E-state index >= 15 is 0 Å². The predicted molar refractivity (Wildman–Crippen MR) is 56.3 cm³/mol. The number of nitrogens with zero attached hydrogens (tertiary/aromatic N) is 2. The van der Waals surface area contributed by atoms with Crippen molar-refractivity contribution in [1.82, 2.24) is 9.97 Å². The lowest BCUT2D eigenvalue weighted by Gasteiger charge is -2.07. The van der Waals surface area contributed by atoms with Crippen LogP contribution in [0.5, 0.6) is 0 Å². The number of hydrogen-bond donors (Lipinski definition) is 0. The minimum atomic E-state index is 1.05. The lowest BCUT2D eigenvalue weighted by atomic mass is 10.0.